The number of nitrogens with zero attached hydrogens (tertiary/aromatic N) is 5. The van der Waals surface area contributed by atoms with Gasteiger partial charge in [0.15, 0.2) is 0 Å². The van der Waals surface area contributed by atoms with Crippen LogP contribution in [0.15, 0.2) is 24.8 Å². The fourth-order valence-electron chi connectivity index (χ4n) is 5.92. The monoisotopic (exact) mass is 475 g/mol. The highest BCUT2D eigenvalue weighted by molar-refractivity contribution is 7.97. The molecule has 2 aromatic rings. The molecule has 2 saturated heterocycles. The van der Waals surface area contributed by atoms with Gasteiger partial charge >= 0.3 is 0 Å². The molecule has 0 radical (unpaired) electrons. The number of benzene rings is 1. The Morgan fingerprint density at radius 3 is 2.45 bits per heavy atom. The lowest BCUT2D eigenvalue weighted by Gasteiger charge is -2.41. The van der Waals surface area contributed by atoms with Gasteiger partial charge in [-0.3, -0.25) is 0 Å². The zero-order valence-electron chi connectivity index (χ0n) is 19.7. The minimum absolute atomic E-state index is 0.157. The van der Waals surface area contributed by atoms with E-state index in [0.717, 1.165) is 12.3 Å². The first-order valence-corrected chi connectivity index (χ1v) is 13.3. The van der Waals surface area contributed by atoms with Crippen molar-refractivity contribution in [2.45, 2.75) is 82.7 Å². The molecule has 4 atom stereocenters. The minimum Gasteiger partial charge on any atom is -0.367 e. The second-order valence-electron chi connectivity index (χ2n) is 10.3. The molecule has 33 heavy (non-hydrogen) atoms. The highest BCUT2D eigenvalue weighted by atomic mass is 32.2. The van der Waals surface area contributed by atoms with E-state index in [0.29, 0.717) is 48.1 Å². The molecule has 1 saturated carbocycles. The third kappa shape index (κ3) is 4.92. The van der Waals surface area contributed by atoms with E-state index in [9.17, 15) is 0 Å². The third-order valence-electron chi connectivity index (χ3n) is 7.98. The Hall–Kier alpha value is -1.67. The molecule has 0 spiro atoms. The van der Waals surface area contributed by atoms with Crippen LogP contribution < -0.4 is 4.90 Å². The predicted octanol–water partition coefficient (Wildman–Crippen LogP) is 5.84. The van der Waals surface area contributed by atoms with Gasteiger partial charge in [0.2, 0.25) is 0 Å². The fraction of sp³-hybridized carbons (Fsp3) is 0.680. The normalized spacial score (nSPS) is 29.6. The van der Waals surface area contributed by atoms with Crippen molar-refractivity contribution in [1.82, 2.24) is 19.1 Å². The average Bonchev–Trinajstić information content (AvgIpc) is 3.47. The SMILES string of the molecule is CC1CN(c2cc(F)c(CN3S[C@H](C4CCCCC4)CC[C@@H]3C)cc2F)CC1n1cnnc1. The largest absolute Gasteiger partial charge is 0.367 e. The molecule has 0 N–H and O–H groups in total. The summed E-state index contributed by atoms with van der Waals surface area (Å²) in [6, 6.07) is 3.37. The van der Waals surface area contributed by atoms with Gasteiger partial charge in [-0.1, -0.05) is 38.1 Å². The Bertz CT molecular complexity index is 933. The predicted molar refractivity (Wildman–Crippen MR) is 129 cm³/mol. The maximum atomic E-state index is 15.2. The van der Waals surface area contributed by atoms with Crippen LogP contribution >= 0.6 is 11.9 Å². The lowest BCUT2D eigenvalue weighted by Crippen LogP contribution is -2.37. The zero-order valence-corrected chi connectivity index (χ0v) is 20.5. The summed E-state index contributed by atoms with van der Waals surface area (Å²) < 4.78 is 34.7. The molecule has 0 amide bonds. The summed E-state index contributed by atoms with van der Waals surface area (Å²) in [5, 5.41) is 8.40. The summed E-state index contributed by atoms with van der Waals surface area (Å²) in [7, 11) is 0. The van der Waals surface area contributed by atoms with Crippen LogP contribution in [-0.4, -0.2) is 43.5 Å². The van der Waals surface area contributed by atoms with E-state index in [1.54, 1.807) is 12.7 Å². The van der Waals surface area contributed by atoms with E-state index in [1.165, 1.54) is 50.7 Å². The number of hydrogen-bond acceptors (Lipinski definition) is 5. The minimum atomic E-state index is -0.332. The standard InChI is InChI=1S/C25H35F2N5S/c1-17-12-30(14-24(17)31-15-28-29-16-31)23-11-21(26)20(10-22(23)27)13-32-18(2)8-9-25(33-32)19-6-4-3-5-7-19/h10-11,15-19,24-25H,3-9,12-14H2,1-2H3/t17?,18-,24?,25-/m0/s1. The van der Waals surface area contributed by atoms with Crippen LogP contribution in [0.1, 0.15) is 70.4 Å². The molecule has 5 rings (SSSR count). The summed E-state index contributed by atoms with van der Waals surface area (Å²) in [6.45, 7) is 6.10. The fourth-order valence-corrected chi connectivity index (χ4v) is 7.48. The van der Waals surface area contributed by atoms with Crippen LogP contribution in [0.2, 0.25) is 0 Å². The molecule has 1 aliphatic carbocycles. The van der Waals surface area contributed by atoms with Crippen molar-refractivity contribution in [2.75, 3.05) is 18.0 Å². The molecule has 5 nitrogen and oxygen atoms in total. The number of aromatic nitrogens is 3. The lowest BCUT2D eigenvalue weighted by atomic mass is 9.85. The number of halogens is 2. The maximum absolute atomic E-state index is 15.2. The first kappa shape index (κ1) is 23.1. The maximum Gasteiger partial charge on any atom is 0.147 e. The van der Waals surface area contributed by atoms with E-state index in [2.05, 4.69) is 28.4 Å². The van der Waals surface area contributed by atoms with Gasteiger partial charge < -0.3 is 9.47 Å². The average molecular weight is 476 g/mol. The second-order valence-corrected chi connectivity index (χ2v) is 11.6. The number of rotatable bonds is 5. The molecule has 1 aromatic carbocycles. The third-order valence-corrected chi connectivity index (χ3v) is 9.63. The van der Waals surface area contributed by atoms with Crippen molar-refractivity contribution in [2.24, 2.45) is 11.8 Å². The molecule has 2 aliphatic heterocycles. The van der Waals surface area contributed by atoms with Gasteiger partial charge in [0.05, 0.1) is 11.7 Å². The van der Waals surface area contributed by atoms with Gasteiger partial charge in [-0.25, -0.2) is 13.1 Å². The summed E-state index contributed by atoms with van der Waals surface area (Å²) in [6.07, 6.45) is 12.4. The molecule has 180 valence electrons. The van der Waals surface area contributed by atoms with Crippen molar-refractivity contribution in [3.8, 4) is 0 Å². The molecule has 3 heterocycles. The van der Waals surface area contributed by atoms with Gasteiger partial charge in [0, 0.05) is 42.6 Å². The Morgan fingerprint density at radius 1 is 0.939 bits per heavy atom. The van der Waals surface area contributed by atoms with E-state index in [4.69, 9.17) is 0 Å². The molecule has 1 aromatic heterocycles. The molecule has 3 fully saturated rings. The van der Waals surface area contributed by atoms with Crippen LogP contribution in [0, 0.1) is 23.5 Å². The summed E-state index contributed by atoms with van der Waals surface area (Å²) in [5.41, 5.74) is 0.820. The summed E-state index contributed by atoms with van der Waals surface area (Å²) in [5.74, 6) is 0.435. The van der Waals surface area contributed by atoms with E-state index in [1.807, 2.05) is 21.4 Å². The smallest absolute Gasteiger partial charge is 0.147 e. The molecular formula is C25H35F2N5S. The number of anilines is 1. The van der Waals surface area contributed by atoms with Crippen LogP contribution in [0.3, 0.4) is 0 Å². The lowest BCUT2D eigenvalue weighted by molar-refractivity contribution is 0.272. The Labute approximate surface area is 200 Å². The highest BCUT2D eigenvalue weighted by Gasteiger charge is 2.34. The van der Waals surface area contributed by atoms with Crippen molar-refractivity contribution < 1.29 is 8.78 Å². The van der Waals surface area contributed by atoms with E-state index in [-0.39, 0.29) is 17.7 Å². The summed E-state index contributed by atoms with van der Waals surface area (Å²) in [4.78, 5) is 1.95. The van der Waals surface area contributed by atoms with Gasteiger partial charge in [-0.15, -0.1) is 10.2 Å². The molecular weight excluding hydrogens is 440 g/mol. The van der Waals surface area contributed by atoms with Crippen LogP contribution in [0.25, 0.3) is 0 Å². The first-order valence-electron chi connectivity index (χ1n) is 12.5. The highest BCUT2D eigenvalue weighted by Crippen LogP contribution is 2.42. The Kier molecular flexibility index (Phi) is 6.93. The van der Waals surface area contributed by atoms with Crippen molar-refractivity contribution >= 4 is 17.6 Å². The van der Waals surface area contributed by atoms with Gasteiger partial charge in [-0.2, -0.15) is 0 Å². The topological polar surface area (TPSA) is 37.2 Å². The van der Waals surface area contributed by atoms with Gasteiger partial charge in [0.25, 0.3) is 0 Å². The van der Waals surface area contributed by atoms with E-state index >= 15 is 8.78 Å². The first-order chi connectivity index (χ1) is 16.0. The molecule has 2 unspecified atom stereocenters. The van der Waals surface area contributed by atoms with Crippen molar-refractivity contribution in [3.05, 3.63) is 42.0 Å². The second kappa shape index (κ2) is 9.90. The molecule has 8 heteroatoms. The van der Waals surface area contributed by atoms with Crippen LogP contribution in [0.4, 0.5) is 14.5 Å². The van der Waals surface area contributed by atoms with E-state index < -0.39 is 0 Å². The summed E-state index contributed by atoms with van der Waals surface area (Å²) >= 11 is 1.90. The number of hydrogen-bond donors (Lipinski definition) is 0. The van der Waals surface area contributed by atoms with Crippen molar-refractivity contribution in [1.29, 1.82) is 0 Å². The van der Waals surface area contributed by atoms with Crippen molar-refractivity contribution in [3.63, 3.8) is 0 Å². The Balaban J connectivity index is 1.28. The van der Waals surface area contributed by atoms with Gasteiger partial charge in [-0.05, 0) is 50.5 Å². The van der Waals surface area contributed by atoms with Gasteiger partial charge in [0.1, 0.15) is 24.3 Å². The zero-order chi connectivity index (χ0) is 22.9. The van der Waals surface area contributed by atoms with Crippen LogP contribution in [-0.2, 0) is 6.54 Å². The van der Waals surface area contributed by atoms with Crippen LogP contribution in [0.5, 0.6) is 0 Å². The molecule has 3 aliphatic rings. The molecule has 0 bridgehead atoms. The quantitative estimate of drug-likeness (QED) is 0.508. The Morgan fingerprint density at radius 2 is 1.70 bits per heavy atom.